The second-order valence-electron chi connectivity index (χ2n) is 2.91. The van der Waals surface area contributed by atoms with Crippen molar-refractivity contribution in [3.63, 3.8) is 0 Å². The average Bonchev–Trinajstić information content (AvgIpc) is 2.05. The van der Waals surface area contributed by atoms with E-state index in [0.717, 1.165) is 18.2 Å². The summed E-state index contributed by atoms with van der Waals surface area (Å²) in [6.07, 6.45) is -5.87. The van der Waals surface area contributed by atoms with Gasteiger partial charge in [-0.2, -0.15) is 0 Å². The topological polar surface area (TPSA) is 29.5 Å². The molecular formula is C9H8F4O2. The molecular weight excluding hydrogens is 216 g/mol. The number of alkyl halides is 3. The summed E-state index contributed by atoms with van der Waals surface area (Å²) < 4.78 is 51.6. The van der Waals surface area contributed by atoms with E-state index in [4.69, 9.17) is 5.11 Å². The van der Waals surface area contributed by atoms with Gasteiger partial charge in [0.15, 0.2) is 11.6 Å². The first-order chi connectivity index (χ1) is 6.79. The smallest absolute Gasteiger partial charge is 0.403 e. The van der Waals surface area contributed by atoms with Crippen LogP contribution < -0.4 is 4.74 Å². The predicted molar refractivity (Wildman–Crippen MR) is 43.7 cm³/mol. The van der Waals surface area contributed by atoms with Crippen LogP contribution in [-0.4, -0.2) is 11.5 Å². The predicted octanol–water partition coefficient (Wildman–Crippen LogP) is 2.78. The summed E-state index contributed by atoms with van der Waals surface area (Å²) in [7, 11) is 0. The quantitative estimate of drug-likeness (QED) is 0.782. The van der Waals surface area contributed by atoms with Crippen LogP contribution in [0.5, 0.6) is 5.75 Å². The van der Waals surface area contributed by atoms with E-state index >= 15 is 0 Å². The van der Waals surface area contributed by atoms with E-state index in [1.807, 2.05) is 0 Å². The Kier molecular flexibility index (Phi) is 3.18. The lowest BCUT2D eigenvalue weighted by Crippen LogP contribution is -2.18. The summed E-state index contributed by atoms with van der Waals surface area (Å²) in [5, 5.41) is 9.04. The van der Waals surface area contributed by atoms with Gasteiger partial charge in [0.05, 0.1) is 6.10 Å². The largest absolute Gasteiger partial charge is 0.573 e. The fraction of sp³-hybridized carbons (Fsp3) is 0.333. The van der Waals surface area contributed by atoms with Gasteiger partial charge in [-0.1, -0.05) is 6.07 Å². The van der Waals surface area contributed by atoms with Gasteiger partial charge >= 0.3 is 6.36 Å². The summed E-state index contributed by atoms with van der Waals surface area (Å²) in [6, 6.07) is 2.78. The summed E-state index contributed by atoms with van der Waals surface area (Å²) in [5.41, 5.74) is 0.182. The van der Waals surface area contributed by atoms with Crippen molar-refractivity contribution in [3.8, 4) is 5.75 Å². The number of halogens is 4. The maximum Gasteiger partial charge on any atom is 0.573 e. The zero-order valence-electron chi connectivity index (χ0n) is 7.68. The Balaban J connectivity index is 2.94. The standard InChI is InChI=1S/C9H8F4O2/c1-5(14)6-2-3-8(7(10)4-6)15-9(11,12)13/h2-5,14H,1H3. The second-order valence-corrected chi connectivity index (χ2v) is 2.91. The SMILES string of the molecule is CC(O)c1ccc(OC(F)(F)F)c(F)c1. The zero-order chi connectivity index (χ0) is 11.6. The van der Waals surface area contributed by atoms with Gasteiger partial charge in [0.25, 0.3) is 0 Å². The molecule has 1 N–H and O–H groups in total. The van der Waals surface area contributed by atoms with Gasteiger partial charge < -0.3 is 9.84 Å². The lowest BCUT2D eigenvalue weighted by Gasteiger charge is -2.11. The van der Waals surface area contributed by atoms with Gasteiger partial charge in [0.2, 0.25) is 0 Å². The van der Waals surface area contributed by atoms with Crippen LogP contribution in [0.2, 0.25) is 0 Å². The third-order valence-electron chi connectivity index (χ3n) is 1.66. The third kappa shape index (κ3) is 3.39. The van der Waals surface area contributed by atoms with Crippen LogP contribution in [0.25, 0.3) is 0 Å². The minimum atomic E-state index is -4.92. The molecule has 0 aliphatic heterocycles. The molecule has 2 nitrogen and oxygen atoms in total. The van der Waals surface area contributed by atoms with Crippen LogP contribution in [0.1, 0.15) is 18.6 Å². The average molecular weight is 224 g/mol. The molecule has 1 atom stereocenters. The zero-order valence-corrected chi connectivity index (χ0v) is 7.68. The summed E-state index contributed by atoms with van der Waals surface area (Å²) in [5.74, 6) is -2.07. The third-order valence-corrected chi connectivity index (χ3v) is 1.66. The molecule has 0 fully saturated rings. The highest BCUT2D eigenvalue weighted by atomic mass is 19.4. The number of aliphatic hydroxyl groups excluding tert-OH is 1. The molecule has 6 heteroatoms. The van der Waals surface area contributed by atoms with Gasteiger partial charge in [-0.3, -0.25) is 0 Å². The number of ether oxygens (including phenoxy) is 1. The van der Waals surface area contributed by atoms with Gasteiger partial charge in [-0.15, -0.1) is 13.2 Å². The van der Waals surface area contributed by atoms with E-state index in [2.05, 4.69) is 4.74 Å². The molecule has 0 aliphatic carbocycles. The second kappa shape index (κ2) is 4.06. The molecule has 0 aliphatic rings. The molecule has 0 saturated carbocycles. The van der Waals surface area contributed by atoms with E-state index < -0.39 is 24.0 Å². The Labute approximate surface area is 83.1 Å². The van der Waals surface area contributed by atoms with Crippen LogP contribution in [0.4, 0.5) is 17.6 Å². The van der Waals surface area contributed by atoms with Crippen LogP contribution in [-0.2, 0) is 0 Å². The molecule has 0 amide bonds. The minimum absolute atomic E-state index is 0.182. The summed E-state index contributed by atoms with van der Waals surface area (Å²) in [4.78, 5) is 0. The van der Waals surface area contributed by atoms with Crippen molar-refractivity contribution in [1.29, 1.82) is 0 Å². The van der Waals surface area contributed by atoms with E-state index in [-0.39, 0.29) is 5.56 Å². The van der Waals surface area contributed by atoms with Crippen molar-refractivity contribution < 1.29 is 27.4 Å². The maximum absolute atomic E-state index is 13.0. The minimum Gasteiger partial charge on any atom is -0.403 e. The molecule has 0 heterocycles. The first-order valence-electron chi connectivity index (χ1n) is 4.03. The molecule has 1 aromatic rings. The fourth-order valence-corrected chi connectivity index (χ4v) is 0.984. The van der Waals surface area contributed by atoms with E-state index in [9.17, 15) is 17.6 Å². The van der Waals surface area contributed by atoms with Crippen LogP contribution in [0.3, 0.4) is 0 Å². The van der Waals surface area contributed by atoms with Gasteiger partial charge in [0, 0.05) is 0 Å². The number of benzene rings is 1. The molecule has 0 spiro atoms. The Morgan fingerprint density at radius 3 is 2.33 bits per heavy atom. The first-order valence-corrected chi connectivity index (χ1v) is 4.03. The molecule has 0 radical (unpaired) electrons. The fourth-order valence-electron chi connectivity index (χ4n) is 0.984. The molecule has 0 aromatic heterocycles. The maximum atomic E-state index is 13.0. The molecule has 0 saturated heterocycles. The molecule has 0 bridgehead atoms. The normalized spacial score (nSPS) is 13.7. The van der Waals surface area contributed by atoms with Crippen molar-refractivity contribution in [3.05, 3.63) is 29.6 Å². The number of aliphatic hydroxyl groups is 1. The number of hydrogen-bond donors (Lipinski definition) is 1. The molecule has 1 unspecified atom stereocenters. The Bertz CT molecular complexity index is 346. The van der Waals surface area contributed by atoms with Gasteiger partial charge in [-0.25, -0.2) is 4.39 Å². The van der Waals surface area contributed by atoms with Crippen LogP contribution in [0, 0.1) is 5.82 Å². The molecule has 1 rings (SSSR count). The van der Waals surface area contributed by atoms with E-state index in [0.29, 0.717) is 0 Å². The van der Waals surface area contributed by atoms with Crippen molar-refractivity contribution in [2.75, 3.05) is 0 Å². The highest BCUT2D eigenvalue weighted by Gasteiger charge is 2.32. The first kappa shape index (κ1) is 11.8. The van der Waals surface area contributed by atoms with Crippen molar-refractivity contribution in [1.82, 2.24) is 0 Å². The van der Waals surface area contributed by atoms with E-state index in [1.54, 1.807) is 0 Å². The van der Waals surface area contributed by atoms with Gasteiger partial charge in [-0.05, 0) is 24.6 Å². The Hall–Kier alpha value is -1.30. The summed E-state index contributed by atoms with van der Waals surface area (Å²) in [6.45, 7) is 1.37. The van der Waals surface area contributed by atoms with Crippen molar-refractivity contribution in [2.45, 2.75) is 19.4 Å². The highest BCUT2D eigenvalue weighted by Crippen LogP contribution is 2.27. The molecule has 84 valence electrons. The van der Waals surface area contributed by atoms with E-state index in [1.165, 1.54) is 6.92 Å². The van der Waals surface area contributed by atoms with Crippen LogP contribution in [0.15, 0.2) is 18.2 Å². The monoisotopic (exact) mass is 224 g/mol. The molecule has 1 aromatic carbocycles. The highest BCUT2D eigenvalue weighted by molar-refractivity contribution is 5.30. The molecule has 15 heavy (non-hydrogen) atoms. The lowest BCUT2D eigenvalue weighted by atomic mass is 10.1. The number of rotatable bonds is 2. The Morgan fingerprint density at radius 2 is 1.93 bits per heavy atom. The lowest BCUT2D eigenvalue weighted by molar-refractivity contribution is -0.275. The summed E-state index contributed by atoms with van der Waals surface area (Å²) >= 11 is 0. The van der Waals surface area contributed by atoms with Crippen molar-refractivity contribution >= 4 is 0 Å². The Morgan fingerprint density at radius 1 is 1.33 bits per heavy atom. The van der Waals surface area contributed by atoms with Crippen molar-refractivity contribution in [2.24, 2.45) is 0 Å². The van der Waals surface area contributed by atoms with Crippen LogP contribution >= 0.6 is 0 Å². The van der Waals surface area contributed by atoms with Gasteiger partial charge in [0.1, 0.15) is 0 Å². The number of hydrogen-bond acceptors (Lipinski definition) is 2.